The first-order chi connectivity index (χ1) is 15.0. The van der Waals surface area contributed by atoms with E-state index in [0.717, 1.165) is 30.9 Å². The van der Waals surface area contributed by atoms with Crippen LogP contribution in [-0.2, 0) is 6.18 Å². The standard InChI is InChI=1S/C23H24F3N3OS/c1-2-3-4-5-6-7-13-30-21-11-10-18(14-19(21)23(24,25)26)28-22-29-20(16-31-22)17-9-8-12-27-15-17/h3-4,8-12,14-16H,2,5-7,13H2,1H3,(H,28,29)/b4-3-. The zero-order chi connectivity index (χ0) is 22.1. The normalized spacial score (nSPS) is 11.7. The second kappa shape index (κ2) is 10.9. The summed E-state index contributed by atoms with van der Waals surface area (Å²) < 4.78 is 46.2. The molecule has 8 heteroatoms. The first kappa shape index (κ1) is 22.8. The molecule has 4 nitrogen and oxygen atoms in total. The van der Waals surface area contributed by atoms with Crippen LogP contribution in [0.4, 0.5) is 24.0 Å². The highest BCUT2D eigenvalue weighted by Crippen LogP contribution is 2.39. The molecule has 0 aliphatic carbocycles. The third kappa shape index (κ3) is 6.82. The van der Waals surface area contributed by atoms with Gasteiger partial charge in [-0.05, 0) is 56.0 Å². The minimum absolute atomic E-state index is 0.155. The molecule has 1 N–H and O–H groups in total. The van der Waals surface area contributed by atoms with Crippen molar-refractivity contribution >= 4 is 22.2 Å². The lowest BCUT2D eigenvalue weighted by Gasteiger charge is -2.15. The molecule has 2 aromatic heterocycles. The highest BCUT2D eigenvalue weighted by molar-refractivity contribution is 7.14. The number of pyridine rings is 1. The van der Waals surface area contributed by atoms with Crippen molar-refractivity contribution in [3.8, 4) is 17.0 Å². The highest BCUT2D eigenvalue weighted by atomic mass is 32.1. The maximum atomic E-state index is 13.6. The van der Waals surface area contributed by atoms with Crippen LogP contribution >= 0.6 is 11.3 Å². The van der Waals surface area contributed by atoms with E-state index in [1.165, 1.54) is 17.4 Å². The Balaban J connectivity index is 1.66. The number of rotatable bonds is 10. The lowest BCUT2D eigenvalue weighted by molar-refractivity contribution is -0.138. The molecule has 164 valence electrons. The molecular formula is C23H24F3N3OS. The molecule has 0 saturated carbocycles. The third-order valence-corrected chi connectivity index (χ3v) is 5.18. The van der Waals surface area contributed by atoms with Crippen LogP contribution < -0.4 is 10.1 Å². The van der Waals surface area contributed by atoms with Crippen molar-refractivity contribution in [1.82, 2.24) is 9.97 Å². The SMILES string of the molecule is CC/C=C\CCCCOc1ccc(Nc2nc(-c3cccnc3)cs2)cc1C(F)(F)F. The van der Waals surface area contributed by atoms with Gasteiger partial charge in [0.05, 0.1) is 17.9 Å². The Morgan fingerprint density at radius 2 is 2.03 bits per heavy atom. The van der Waals surface area contributed by atoms with E-state index in [9.17, 15) is 13.2 Å². The number of nitrogens with one attached hydrogen (secondary N) is 1. The van der Waals surface area contributed by atoms with Crippen molar-refractivity contribution in [1.29, 1.82) is 0 Å². The minimum Gasteiger partial charge on any atom is -0.493 e. The molecule has 31 heavy (non-hydrogen) atoms. The molecule has 3 rings (SSSR count). The van der Waals surface area contributed by atoms with Crippen LogP contribution in [0.3, 0.4) is 0 Å². The first-order valence-corrected chi connectivity index (χ1v) is 11.0. The molecule has 0 aliphatic heterocycles. The number of halogens is 3. The van der Waals surface area contributed by atoms with Crippen LogP contribution in [0.2, 0.25) is 0 Å². The van der Waals surface area contributed by atoms with E-state index < -0.39 is 11.7 Å². The number of unbranched alkanes of at least 4 members (excludes halogenated alkanes) is 2. The molecule has 2 heterocycles. The maximum Gasteiger partial charge on any atom is 0.420 e. The van der Waals surface area contributed by atoms with E-state index in [-0.39, 0.29) is 12.4 Å². The van der Waals surface area contributed by atoms with Gasteiger partial charge in [-0.1, -0.05) is 19.1 Å². The Hall–Kier alpha value is -2.87. The summed E-state index contributed by atoms with van der Waals surface area (Å²) >= 11 is 1.31. The van der Waals surface area contributed by atoms with Gasteiger partial charge in [0.15, 0.2) is 5.13 Å². The Morgan fingerprint density at radius 1 is 1.16 bits per heavy atom. The fraction of sp³-hybridized carbons (Fsp3) is 0.304. The van der Waals surface area contributed by atoms with Crippen LogP contribution in [0.1, 0.15) is 38.2 Å². The molecule has 0 bridgehead atoms. The van der Waals surface area contributed by atoms with Crippen LogP contribution in [0, 0.1) is 0 Å². The molecule has 0 aliphatic rings. The molecule has 0 atom stereocenters. The van der Waals surface area contributed by atoms with Gasteiger partial charge in [-0.15, -0.1) is 11.3 Å². The number of benzene rings is 1. The Morgan fingerprint density at radius 3 is 2.77 bits per heavy atom. The number of nitrogens with zero attached hydrogens (tertiary/aromatic N) is 2. The molecule has 0 unspecified atom stereocenters. The van der Waals surface area contributed by atoms with Crippen LogP contribution in [0.5, 0.6) is 5.75 Å². The maximum absolute atomic E-state index is 13.6. The fourth-order valence-corrected chi connectivity index (χ4v) is 3.63. The van der Waals surface area contributed by atoms with Gasteiger partial charge in [-0.25, -0.2) is 4.98 Å². The zero-order valence-electron chi connectivity index (χ0n) is 17.2. The summed E-state index contributed by atoms with van der Waals surface area (Å²) in [6, 6.07) is 7.67. The van der Waals surface area contributed by atoms with E-state index in [0.29, 0.717) is 22.9 Å². The van der Waals surface area contributed by atoms with Gasteiger partial charge in [-0.3, -0.25) is 4.98 Å². The van der Waals surface area contributed by atoms with E-state index in [1.807, 2.05) is 11.4 Å². The summed E-state index contributed by atoms with van der Waals surface area (Å²) in [4.78, 5) is 8.48. The lowest BCUT2D eigenvalue weighted by Crippen LogP contribution is -2.10. The second-order valence-corrected chi connectivity index (χ2v) is 7.70. The second-order valence-electron chi connectivity index (χ2n) is 6.84. The van der Waals surface area contributed by atoms with Gasteiger partial charge in [0.25, 0.3) is 0 Å². The summed E-state index contributed by atoms with van der Waals surface area (Å²) in [5, 5.41) is 5.28. The molecule has 0 fully saturated rings. The van der Waals surface area contributed by atoms with Crippen molar-refractivity contribution < 1.29 is 17.9 Å². The van der Waals surface area contributed by atoms with Gasteiger partial charge in [0.2, 0.25) is 0 Å². The zero-order valence-corrected chi connectivity index (χ0v) is 18.0. The average Bonchev–Trinajstić information content (AvgIpc) is 3.22. The monoisotopic (exact) mass is 447 g/mol. The van der Waals surface area contributed by atoms with Crippen molar-refractivity contribution in [2.45, 2.75) is 38.8 Å². The minimum atomic E-state index is -4.51. The lowest BCUT2D eigenvalue weighted by atomic mass is 10.1. The number of ether oxygens (including phenoxy) is 1. The van der Waals surface area contributed by atoms with E-state index >= 15 is 0 Å². The van der Waals surface area contributed by atoms with Crippen molar-refractivity contribution in [2.75, 3.05) is 11.9 Å². The number of hydrogen-bond donors (Lipinski definition) is 1. The van der Waals surface area contributed by atoms with Crippen molar-refractivity contribution in [3.05, 3.63) is 65.8 Å². The fourth-order valence-electron chi connectivity index (χ4n) is 2.89. The van der Waals surface area contributed by atoms with Gasteiger partial charge in [0.1, 0.15) is 5.75 Å². The predicted octanol–water partition coefficient (Wildman–Crippen LogP) is 7.48. The van der Waals surface area contributed by atoms with Gasteiger partial charge >= 0.3 is 6.18 Å². The summed E-state index contributed by atoms with van der Waals surface area (Å²) in [6.07, 6.45) is 6.46. The van der Waals surface area contributed by atoms with E-state index in [4.69, 9.17) is 4.74 Å². The number of thiazole rings is 1. The largest absolute Gasteiger partial charge is 0.493 e. The summed E-state index contributed by atoms with van der Waals surface area (Å²) in [7, 11) is 0. The Labute approximate surface area is 183 Å². The quantitative estimate of drug-likeness (QED) is 0.258. The number of alkyl halides is 3. The van der Waals surface area contributed by atoms with Crippen LogP contribution in [-0.4, -0.2) is 16.6 Å². The molecular weight excluding hydrogens is 423 g/mol. The molecule has 3 aromatic rings. The van der Waals surface area contributed by atoms with Gasteiger partial charge < -0.3 is 10.1 Å². The molecule has 0 saturated heterocycles. The summed E-state index contributed by atoms with van der Waals surface area (Å²) in [6.45, 7) is 2.31. The molecule has 0 spiro atoms. The van der Waals surface area contributed by atoms with Crippen LogP contribution in [0.25, 0.3) is 11.3 Å². The molecule has 1 aromatic carbocycles. The molecule has 0 radical (unpaired) electrons. The van der Waals surface area contributed by atoms with Crippen molar-refractivity contribution in [2.24, 2.45) is 0 Å². The van der Waals surface area contributed by atoms with E-state index in [1.54, 1.807) is 24.5 Å². The van der Waals surface area contributed by atoms with Gasteiger partial charge in [-0.2, -0.15) is 13.2 Å². The number of aromatic nitrogens is 2. The first-order valence-electron chi connectivity index (χ1n) is 10.1. The summed E-state index contributed by atoms with van der Waals surface area (Å²) in [5.41, 5.74) is 1.06. The average molecular weight is 448 g/mol. The van der Waals surface area contributed by atoms with E-state index in [2.05, 4.69) is 34.4 Å². The topological polar surface area (TPSA) is 47.0 Å². The smallest absolute Gasteiger partial charge is 0.420 e. The number of hydrogen-bond acceptors (Lipinski definition) is 5. The Bertz CT molecular complexity index is 987. The van der Waals surface area contributed by atoms with Crippen molar-refractivity contribution in [3.63, 3.8) is 0 Å². The number of allylic oxidation sites excluding steroid dienone is 2. The predicted molar refractivity (Wildman–Crippen MR) is 119 cm³/mol. The highest BCUT2D eigenvalue weighted by Gasteiger charge is 2.34. The van der Waals surface area contributed by atoms with Gasteiger partial charge in [0, 0.05) is 29.0 Å². The molecule has 0 amide bonds. The Kier molecular flexibility index (Phi) is 8.06. The number of anilines is 2. The third-order valence-electron chi connectivity index (χ3n) is 4.42. The van der Waals surface area contributed by atoms with Crippen LogP contribution in [0.15, 0.2) is 60.3 Å². The summed E-state index contributed by atoms with van der Waals surface area (Å²) in [5.74, 6) is -0.155.